The van der Waals surface area contributed by atoms with Gasteiger partial charge in [-0.3, -0.25) is 14.4 Å². The van der Waals surface area contributed by atoms with E-state index in [1.165, 1.54) is 23.1 Å². The predicted molar refractivity (Wildman–Crippen MR) is 138 cm³/mol. The number of carbonyl (C=O) groups excluding carboxylic acids is 3. The maximum absolute atomic E-state index is 14.0. The largest absolute Gasteiger partial charge is 0.366 e. The second-order valence-corrected chi connectivity index (χ2v) is 12.1. The molecule has 0 aliphatic carbocycles. The van der Waals surface area contributed by atoms with Crippen LogP contribution in [0.4, 0.5) is 0 Å². The van der Waals surface area contributed by atoms with Gasteiger partial charge in [-0.25, -0.2) is 8.42 Å². The number of rotatable bonds is 6. The standard InChI is InChI=1S/C24H23Cl3N4O5S/c1-14(2)29-13-24(23(28)34)30(37(35,36)20-7-6-17(26)12-18(20)27)9-8-21(32)31(24)19(22(29)33)11-15-4-3-5-16(25)10-15/h3-7,10,12,14,19H,9,11,13H2,1-2H3,(H2,28,34). The Kier molecular flexibility index (Phi) is 7.53. The van der Waals surface area contributed by atoms with E-state index < -0.39 is 58.6 Å². The quantitative estimate of drug-likeness (QED) is 0.559. The summed E-state index contributed by atoms with van der Waals surface area (Å²) in [5.74, 6) is -2.40. The number of fused-ring (bicyclic) bond motifs is 1. The molecule has 0 spiro atoms. The van der Waals surface area contributed by atoms with Gasteiger partial charge in [-0.2, -0.15) is 4.31 Å². The smallest absolute Gasteiger partial charge is 0.261 e. The first-order valence-corrected chi connectivity index (χ1v) is 13.8. The predicted octanol–water partition coefficient (Wildman–Crippen LogP) is 2.60. The lowest BCUT2D eigenvalue weighted by Crippen LogP contribution is -2.83. The minimum atomic E-state index is -4.55. The number of hydrogen-bond acceptors (Lipinski definition) is 5. The van der Waals surface area contributed by atoms with Gasteiger partial charge >= 0.3 is 0 Å². The first-order valence-electron chi connectivity index (χ1n) is 11.2. The van der Waals surface area contributed by atoms with Crippen molar-refractivity contribution in [1.29, 1.82) is 0 Å². The molecule has 2 fully saturated rings. The van der Waals surface area contributed by atoms with Gasteiger partial charge in [0.1, 0.15) is 10.9 Å². The monoisotopic (exact) mass is 584 g/mol. The van der Waals surface area contributed by atoms with Gasteiger partial charge in [0.2, 0.25) is 27.5 Å². The topological polar surface area (TPSA) is 121 Å². The fourth-order valence-electron chi connectivity index (χ4n) is 4.72. The van der Waals surface area contributed by atoms with Crippen molar-refractivity contribution >= 4 is 62.5 Å². The Bertz CT molecular complexity index is 1390. The third kappa shape index (κ3) is 4.70. The lowest BCUT2D eigenvalue weighted by atomic mass is 9.90. The molecule has 2 N–H and O–H groups in total. The molecule has 2 aliphatic heterocycles. The van der Waals surface area contributed by atoms with E-state index in [9.17, 15) is 22.8 Å². The number of carbonyl (C=O) groups is 3. The van der Waals surface area contributed by atoms with Crippen LogP contribution in [0.2, 0.25) is 15.1 Å². The average molecular weight is 586 g/mol. The molecule has 3 amide bonds. The Labute approximate surface area is 230 Å². The first kappa shape index (κ1) is 27.7. The van der Waals surface area contributed by atoms with E-state index in [0.717, 1.165) is 9.21 Å². The number of hydrogen-bond donors (Lipinski definition) is 1. The van der Waals surface area contributed by atoms with Gasteiger partial charge in [-0.15, -0.1) is 0 Å². The Morgan fingerprint density at radius 3 is 2.41 bits per heavy atom. The minimum absolute atomic E-state index is 0.0410. The molecule has 196 valence electrons. The highest BCUT2D eigenvalue weighted by Crippen LogP contribution is 2.40. The highest BCUT2D eigenvalue weighted by atomic mass is 35.5. The van der Waals surface area contributed by atoms with Gasteiger partial charge in [0.15, 0.2) is 0 Å². The van der Waals surface area contributed by atoms with Gasteiger partial charge in [-0.1, -0.05) is 46.9 Å². The molecule has 0 saturated carbocycles. The van der Waals surface area contributed by atoms with Crippen molar-refractivity contribution in [1.82, 2.24) is 14.1 Å². The Morgan fingerprint density at radius 2 is 1.81 bits per heavy atom. The molecule has 37 heavy (non-hydrogen) atoms. The van der Waals surface area contributed by atoms with Crippen LogP contribution in [0.5, 0.6) is 0 Å². The molecule has 0 bridgehead atoms. The molecule has 13 heteroatoms. The summed E-state index contributed by atoms with van der Waals surface area (Å²) < 4.78 is 28.7. The molecule has 2 aromatic rings. The number of sulfonamides is 1. The van der Waals surface area contributed by atoms with Crippen LogP contribution in [0.25, 0.3) is 0 Å². The molecular formula is C24H23Cl3N4O5S. The lowest BCUT2D eigenvalue weighted by Gasteiger charge is -2.58. The fourth-order valence-corrected chi connectivity index (χ4v) is 7.29. The summed E-state index contributed by atoms with van der Waals surface area (Å²) in [5.41, 5.74) is 4.27. The van der Waals surface area contributed by atoms with E-state index >= 15 is 0 Å². The zero-order chi connectivity index (χ0) is 27.3. The Balaban J connectivity index is 1.93. The highest BCUT2D eigenvalue weighted by Gasteiger charge is 2.64. The summed E-state index contributed by atoms with van der Waals surface area (Å²) >= 11 is 18.3. The number of benzene rings is 2. The zero-order valence-corrected chi connectivity index (χ0v) is 22.9. The molecule has 2 aliphatic rings. The number of primary amides is 1. The van der Waals surface area contributed by atoms with Crippen molar-refractivity contribution < 1.29 is 22.8 Å². The summed E-state index contributed by atoms with van der Waals surface area (Å²) in [4.78, 5) is 42.2. The zero-order valence-electron chi connectivity index (χ0n) is 19.8. The third-order valence-electron chi connectivity index (χ3n) is 6.47. The molecule has 2 heterocycles. The summed E-state index contributed by atoms with van der Waals surface area (Å²) in [6, 6.07) is 8.75. The summed E-state index contributed by atoms with van der Waals surface area (Å²) in [7, 11) is -4.55. The van der Waals surface area contributed by atoms with Gasteiger partial charge < -0.3 is 15.5 Å². The Hall–Kier alpha value is -2.37. The van der Waals surface area contributed by atoms with E-state index in [-0.39, 0.29) is 21.4 Å². The molecule has 4 rings (SSSR count). The highest BCUT2D eigenvalue weighted by molar-refractivity contribution is 7.89. The van der Waals surface area contributed by atoms with E-state index in [2.05, 4.69) is 6.42 Å². The van der Waals surface area contributed by atoms with Gasteiger partial charge in [0, 0.05) is 29.1 Å². The van der Waals surface area contributed by atoms with Crippen molar-refractivity contribution in [3.05, 3.63) is 69.5 Å². The van der Waals surface area contributed by atoms with E-state index in [1.54, 1.807) is 38.1 Å². The summed E-state index contributed by atoms with van der Waals surface area (Å²) in [6.07, 6.45) is 2.43. The normalized spacial score (nSPS) is 22.9. The van der Waals surface area contributed by atoms with Crippen LogP contribution in [-0.2, 0) is 30.8 Å². The van der Waals surface area contributed by atoms with E-state index in [1.807, 2.05) is 0 Å². The molecule has 2 radical (unpaired) electrons. The van der Waals surface area contributed by atoms with Crippen molar-refractivity contribution in [2.45, 2.75) is 42.9 Å². The number of amides is 3. The maximum Gasteiger partial charge on any atom is 0.261 e. The molecule has 9 nitrogen and oxygen atoms in total. The van der Waals surface area contributed by atoms with Crippen molar-refractivity contribution in [2.24, 2.45) is 5.73 Å². The van der Waals surface area contributed by atoms with Crippen molar-refractivity contribution in [3.63, 3.8) is 0 Å². The van der Waals surface area contributed by atoms with Crippen LogP contribution in [0, 0.1) is 6.42 Å². The summed E-state index contributed by atoms with van der Waals surface area (Å²) in [5, 5.41) is 0.434. The fraction of sp³-hybridized carbons (Fsp3) is 0.333. The molecule has 2 unspecified atom stereocenters. The molecule has 2 aromatic carbocycles. The van der Waals surface area contributed by atoms with Crippen LogP contribution in [0.3, 0.4) is 0 Å². The molecular weight excluding hydrogens is 563 g/mol. The van der Waals surface area contributed by atoms with Crippen LogP contribution in [-0.4, -0.2) is 71.1 Å². The average Bonchev–Trinajstić information content (AvgIpc) is 2.80. The van der Waals surface area contributed by atoms with Crippen LogP contribution in [0.1, 0.15) is 19.4 Å². The number of nitrogens with two attached hydrogens (primary N) is 1. The van der Waals surface area contributed by atoms with E-state index in [0.29, 0.717) is 10.6 Å². The van der Waals surface area contributed by atoms with Crippen LogP contribution < -0.4 is 5.73 Å². The first-order chi connectivity index (χ1) is 17.3. The van der Waals surface area contributed by atoms with Gasteiger partial charge in [0.05, 0.1) is 18.0 Å². The van der Waals surface area contributed by atoms with Crippen LogP contribution >= 0.6 is 34.8 Å². The van der Waals surface area contributed by atoms with Gasteiger partial charge in [0.25, 0.3) is 5.91 Å². The SMILES string of the molecule is CC(C)N1CC2(C(N)=O)N(C(=O)[C]CN2S(=O)(=O)c2ccc(Cl)cc2Cl)C(Cc2cccc(Cl)c2)C1=O. The third-order valence-corrected chi connectivity index (χ3v) is 9.29. The van der Waals surface area contributed by atoms with E-state index in [4.69, 9.17) is 40.5 Å². The number of nitrogens with zero attached hydrogens (tertiary/aromatic N) is 3. The molecule has 0 aromatic heterocycles. The number of piperazine rings is 1. The lowest BCUT2D eigenvalue weighted by molar-refractivity contribution is -0.182. The summed E-state index contributed by atoms with van der Waals surface area (Å²) in [6.45, 7) is 2.39. The van der Waals surface area contributed by atoms with Crippen LogP contribution in [0.15, 0.2) is 47.4 Å². The molecule has 2 saturated heterocycles. The second kappa shape index (κ2) is 10.1. The number of halogens is 3. The minimum Gasteiger partial charge on any atom is -0.366 e. The molecule has 2 atom stereocenters. The van der Waals surface area contributed by atoms with Crippen molar-refractivity contribution in [3.8, 4) is 0 Å². The maximum atomic E-state index is 14.0. The second-order valence-electron chi connectivity index (χ2n) is 9.03. The van der Waals surface area contributed by atoms with Gasteiger partial charge in [-0.05, 0) is 49.7 Å². The Morgan fingerprint density at radius 1 is 1.14 bits per heavy atom. The van der Waals surface area contributed by atoms with Crippen molar-refractivity contribution in [2.75, 3.05) is 13.1 Å².